The largest absolute Gasteiger partial charge is 0.324 e. The molecule has 0 aliphatic heterocycles. The van der Waals surface area contributed by atoms with Gasteiger partial charge in [-0.3, -0.25) is 4.79 Å². The first-order chi connectivity index (χ1) is 12.6. The first-order valence-electron chi connectivity index (χ1n) is 8.03. The summed E-state index contributed by atoms with van der Waals surface area (Å²) in [6, 6.07) is 13.6. The Morgan fingerprint density at radius 2 is 2.08 bits per heavy atom. The number of anilines is 1. The lowest BCUT2D eigenvalue weighted by Crippen LogP contribution is -2.27. The summed E-state index contributed by atoms with van der Waals surface area (Å²) in [7, 11) is 0. The molecule has 1 N–H and O–H groups in total. The Hall–Kier alpha value is -3.17. The Labute approximate surface area is 156 Å². The second-order valence-electron chi connectivity index (χ2n) is 5.58. The van der Waals surface area contributed by atoms with Crippen molar-refractivity contribution in [3.05, 3.63) is 59.1 Å². The van der Waals surface area contributed by atoms with Crippen molar-refractivity contribution in [2.75, 3.05) is 5.32 Å². The number of hydrogen-bond donors (Lipinski definition) is 1. The summed E-state index contributed by atoms with van der Waals surface area (Å²) in [6.45, 7) is 1.88. The van der Waals surface area contributed by atoms with Gasteiger partial charge >= 0.3 is 0 Å². The molecule has 1 amide bonds. The van der Waals surface area contributed by atoms with Crippen LogP contribution in [-0.2, 0) is 4.79 Å². The molecule has 1 atom stereocenters. The minimum absolute atomic E-state index is 0.235. The van der Waals surface area contributed by atoms with E-state index in [1.165, 1.54) is 4.80 Å². The molecule has 0 fully saturated rings. The van der Waals surface area contributed by atoms with Crippen molar-refractivity contribution < 1.29 is 4.79 Å². The first-order valence-corrected chi connectivity index (χ1v) is 8.41. The van der Waals surface area contributed by atoms with E-state index in [0.29, 0.717) is 28.5 Å². The number of nitrogens with one attached hydrogen (secondary N) is 1. The topological polar surface area (TPSA) is 72.7 Å². The highest BCUT2D eigenvalue weighted by atomic mass is 35.5. The van der Waals surface area contributed by atoms with Crippen LogP contribution in [0.15, 0.2) is 48.5 Å². The summed E-state index contributed by atoms with van der Waals surface area (Å²) < 4.78 is 0. The second kappa shape index (κ2) is 7.81. The lowest BCUT2D eigenvalue weighted by molar-refractivity contribution is -0.119. The number of aromatic nitrogens is 4. The molecule has 1 aromatic heterocycles. The monoisotopic (exact) mass is 365 g/mol. The van der Waals surface area contributed by atoms with Crippen molar-refractivity contribution >= 4 is 23.2 Å². The molecule has 0 aliphatic rings. The fourth-order valence-electron chi connectivity index (χ4n) is 2.44. The van der Waals surface area contributed by atoms with Crippen LogP contribution in [0.3, 0.4) is 0 Å². The molecule has 6 nitrogen and oxygen atoms in total. The van der Waals surface area contributed by atoms with Gasteiger partial charge in [-0.1, -0.05) is 30.5 Å². The van der Waals surface area contributed by atoms with Gasteiger partial charge in [0, 0.05) is 21.8 Å². The van der Waals surface area contributed by atoms with E-state index in [1.807, 2.05) is 6.92 Å². The van der Waals surface area contributed by atoms with Crippen LogP contribution in [0, 0.1) is 12.3 Å². The number of halogens is 1. The van der Waals surface area contributed by atoms with Crippen LogP contribution in [0.2, 0.25) is 5.02 Å². The van der Waals surface area contributed by atoms with Crippen molar-refractivity contribution in [3.63, 3.8) is 0 Å². The van der Waals surface area contributed by atoms with Gasteiger partial charge in [0.25, 0.3) is 5.91 Å². The van der Waals surface area contributed by atoms with Gasteiger partial charge in [-0.15, -0.1) is 16.6 Å². The number of carbonyl (C=O) groups is 1. The fourth-order valence-corrected chi connectivity index (χ4v) is 2.56. The predicted molar refractivity (Wildman–Crippen MR) is 101 cm³/mol. The van der Waals surface area contributed by atoms with Gasteiger partial charge in [-0.2, -0.15) is 4.80 Å². The summed E-state index contributed by atoms with van der Waals surface area (Å²) in [4.78, 5) is 13.9. The van der Waals surface area contributed by atoms with Gasteiger partial charge in [0.15, 0.2) is 6.04 Å². The highest BCUT2D eigenvalue weighted by Gasteiger charge is 2.22. The smallest absolute Gasteiger partial charge is 0.251 e. The van der Waals surface area contributed by atoms with Crippen LogP contribution >= 0.6 is 11.6 Å². The molecule has 1 unspecified atom stereocenters. The van der Waals surface area contributed by atoms with Gasteiger partial charge < -0.3 is 5.32 Å². The number of carbonyl (C=O) groups excluding carboxylic acids is 1. The Balaban J connectivity index is 1.79. The van der Waals surface area contributed by atoms with Gasteiger partial charge in [-0.25, -0.2) is 0 Å². The zero-order chi connectivity index (χ0) is 18.5. The van der Waals surface area contributed by atoms with Crippen LogP contribution in [0.1, 0.15) is 24.9 Å². The Bertz CT molecular complexity index is 959. The third kappa shape index (κ3) is 3.90. The number of nitrogens with zero attached hydrogens (tertiary/aromatic N) is 4. The van der Waals surface area contributed by atoms with Crippen LogP contribution in [0.4, 0.5) is 5.69 Å². The molecule has 1 heterocycles. The Morgan fingerprint density at radius 1 is 1.31 bits per heavy atom. The van der Waals surface area contributed by atoms with E-state index in [4.69, 9.17) is 18.0 Å². The third-order valence-electron chi connectivity index (χ3n) is 3.80. The number of rotatable bonds is 5. The number of hydrogen-bond acceptors (Lipinski definition) is 4. The van der Waals surface area contributed by atoms with Crippen LogP contribution in [-0.4, -0.2) is 26.1 Å². The van der Waals surface area contributed by atoms with Crippen molar-refractivity contribution in [2.24, 2.45) is 0 Å². The van der Waals surface area contributed by atoms with E-state index in [1.54, 1.807) is 48.5 Å². The minimum Gasteiger partial charge on any atom is -0.324 e. The van der Waals surface area contributed by atoms with Crippen molar-refractivity contribution in [1.29, 1.82) is 0 Å². The van der Waals surface area contributed by atoms with Gasteiger partial charge in [0.1, 0.15) is 0 Å². The average Bonchev–Trinajstić information content (AvgIpc) is 3.12. The van der Waals surface area contributed by atoms with Crippen molar-refractivity contribution in [1.82, 2.24) is 20.2 Å². The molecule has 7 heteroatoms. The molecule has 3 aromatic rings. The van der Waals surface area contributed by atoms with Crippen molar-refractivity contribution in [3.8, 4) is 23.7 Å². The molecule has 0 aliphatic carbocycles. The molecule has 0 bridgehead atoms. The van der Waals surface area contributed by atoms with Crippen molar-refractivity contribution in [2.45, 2.75) is 19.4 Å². The minimum atomic E-state index is -0.585. The molecule has 3 rings (SSSR count). The zero-order valence-electron chi connectivity index (χ0n) is 14.1. The number of terminal acetylenes is 1. The fraction of sp³-hybridized carbons (Fsp3) is 0.158. The summed E-state index contributed by atoms with van der Waals surface area (Å²) in [5.74, 6) is 2.74. The average molecular weight is 366 g/mol. The number of amides is 1. The van der Waals surface area contributed by atoms with E-state index in [9.17, 15) is 4.79 Å². The maximum absolute atomic E-state index is 12.6. The van der Waals surface area contributed by atoms with Crippen LogP contribution in [0.25, 0.3) is 11.4 Å². The lowest BCUT2D eigenvalue weighted by Gasteiger charge is -2.13. The van der Waals surface area contributed by atoms with Gasteiger partial charge in [-0.05, 0) is 54.1 Å². The summed E-state index contributed by atoms with van der Waals surface area (Å²) >= 11 is 5.89. The first kappa shape index (κ1) is 17.6. The molecule has 2 aromatic carbocycles. The van der Waals surface area contributed by atoms with E-state index in [0.717, 1.165) is 5.56 Å². The normalized spacial score (nSPS) is 11.6. The summed E-state index contributed by atoms with van der Waals surface area (Å²) in [6.07, 6.45) is 5.90. The molecule has 0 spiro atoms. The molecule has 26 heavy (non-hydrogen) atoms. The zero-order valence-corrected chi connectivity index (χ0v) is 14.8. The highest BCUT2D eigenvalue weighted by Crippen LogP contribution is 2.19. The van der Waals surface area contributed by atoms with E-state index < -0.39 is 6.04 Å². The SMILES string of the molecule is C#Cc1cccc(NC(=O)C(CC)n2nnc(-c3ccc(Cl)cc3)n2)c1. The number of tetrazole rings is 1. The predicted octanol–water partition coefficient (Wildman–Crippen LogP) is 3.56. The lowest BCUT2D eigenvalue weighted by atomic mass is 10.2. The van der Waals surface area contributed by atoms with E-state index in [-0.39, 0.29) is 5.91 Å². The molecular weight excluding hydrogens is 350 g/mol. The standard InChI is InChI=1S/C19H16ClN5O/c1-3-13-6-5-7-16(12-13)21-19(26)17(4-2)25-23-18(22-24-25)14-8-10-15(20)11-9-14/h1,5-12,17H,4H2,2H3,(H,21,26). The number of benzene rings is 2. The maximum Gasteiger partial charge on any atom is 0.251 e. The molecule has 0 radical (unpaired) electrons. The van der Waals surface area contributed by atoms with E-state index in [2.05, 4.69) is 26.6 Å². The second-order valence-corrected chi connectivity index (χ2v) is 6.02. The quantitative estimate of drug-likeness (QED) is 0.701. The molecule has 0 saturated carbocycles. The van der Waals surface area contributed by atoms with Gasteiger partial charge in [0.2, 0.25) is 5.82 Å². The summed E-state index contributed by atoms with van der Waals surface area (Å²) in [5.41, 5.74) is 2.10. The van der Waals surface area contributed by atoms with Gasteiger partial charge in [0.05, 0.1) is 0 Å². The Morgan fingerprint density at radius 3 is 2.77 bits per heavy atom. The van der Waals surface area contributed by atoms with Crippen LogP contribution in [0.5, 0.6) is 0 Å². The highest BCUT2D eigenvalue weighted by molar-refractivity contribution is 6.30. The third-order valence-corrected chi connectivity index (χ3v) is 4.05. The maximum atomic E-state index is 12.6. The molecule has 0 saturated heterocycles. The van der Waals surface area contributed by atoms with Crippen LogP contribution < -0.4 is 5.32 Å². The molecular formula is C19H16ClN5O. The molecule has 130 valence electrons. The van der Waals surface area contributed by atoms with E-state index >= 15 is 0 Å². The summed E-state index contributed by atoms with van der Waals surface area (Å²) in [5, 5.41) is 15.9. The Kier molecular flexibility index (Phi) is 5.30.